The van der Waals surface area contributed by atoms with Crippen molar-refractivity contribution < 1.29 is 68.9 Å². The molecule has 2 unspecified atom stereocenters. The fraction of sp³-hybridized carbons (Fsp3) is 0.500. The SMILES string of the molecule is CCC[C@@H]1O[C@@H](CC(=O)O)CC2(SC34C[C@@H](CC(=O)O)O[C@H](CCC)[C@]3(O)C(=O)c3c(O)cccc3C4=O)C(=O)c3cccc(O)c3C(=O)[C@]12O. The summed E-state index contributed by atoms with van der Waals surface area (Å²) in [5.74, 6) is -8.22. The number of aliphatic carboxylic acids is 2. The van der Waals surface area contributed by atoms with E-state index in [9.17, 15) is 49.8 Å². The van der Waals surface area contributed by atoms with E-state index in [4.69, 9.17) is 9.47 Å². The van der Waals surface area contributed by atoms with E-state index in [0.29, 0.717) is 11.8 Å². The van der Waals surface area contributed by atoms with Crippen LogP contribution in [0.5, 0.6) is 11.5 Å². The zero-order valence-electron chi connectivity index (χ0n) is 27.8. The Balaban J connectivity index is 1.71. The Hall–Kier alpha value is -4.15. The molecule has 0 bridgehead atoms. The minimum atomic E-state index is -2.91. The van der Waals surface area contributed by atoms with Crippen LogP contribution in [0.3, 0.4) is 0 Å². The Morgan fingerprint density at radius 1 is 0.686 bits per heavy atom. The largest absolute Gasteiger partial charge is 0.507 e. The van der Waals surface area contributed by atoms with Crippen LogP contribution in [0, 0.1) is 0 Å². The number of phenolic OH excluding ortho intramolecular Hbond substituents is 2. The Morgan fingerprint density at radius 2 is 1.06 bits per heavy atom. The first kappa shape index (κ1) is 36.6. The molecule has 2 saturated heterocycles. The van der Waals surface area contributed by atoms with E-state index < -0.39 is 128 Å². The lowest BCUT2D eigenvalue weighted by molar-refractivity contribution is -0.179. The van der Waals surface area contributed by atoms with E-state index >= 15 is 9.59 Å². The summed E-state index contributed by atoms with van der Waals surface area (Å²) >= 11 is 0.336. The normalized spacial score (nSPS) is 34.3. The van der Waals surface area contributed by atoms with Gasteiger partial charge in [-0.2, -0.15) is 0 Å². The number of carboxylic acid groups (broad SMARTS) is 2. The molecule has 0 saturated carbocycles. The summed E-state index contributed by atoms with van der Waals surface area (Å²) in [6.07, 6.45) is -8.29. The number of fused-ring (bicyclic) bond motifs is 4. The molecule has 2 aliphatic heterocycles. The number of thioether (sulfide) groups is 1. The number of ketones is 4. The van der Waals surface area contributed by atoms with E-state index in [2.05, 4.69) is 0 Å². The third kappa shape index (κ3) is 5.07. The number of benzene rings is 2. The zero-order chi connectivity index (χ0) is 37.3. The second-order valence-corrected chi connectivity index (χ2v) is 15.3. The van der Waals surface area contributed by atoms with E-state index in [1.54, 1.807) is 13.8 Å². The van der Waals surface area contributed by atoms with Crippen molar-refractivity contribution in [2.24, 2.45) is 0 Å². The molecule has 2 heterocycles. The van der Waals surface area contributed by atoms with Crippen molar-refractivity contribution in [3.63, 3.8) is 0 Å². The van der Waals surface area contributed by atoms with E-state index in [1.165, 1.54) is 24.3 Å². The number of carboxylic acids is 2. The summed E-state index contributed by atoms with van der Waals surface area (Å²) in [6.45, 7) is 3.38. The number of aromatic hydroxyl groups is 2. The summed E-state index contributed by atoms with van der Waals surface area (Å²) in [7, 11) is 0. The van der Waals surface area contributed by atoms with Crippen LogP contribution in [-0.2, 0) is 19.1 Å². The van der Waals surface area contributed by atoms with Gasteiger partial charge in [0.15, 0.2) is 22.8 Å². The average molecular weight is 727 g/mol. The smallest absolute Gasteiger partial charge is 0.305 e. The second kappa shape index (κ2) is 12.8. The molecule has 51 heavy (non-hydrogen) atoms. The number of phenols is 2. The third-order valence-corrected chi connectivity index (χ3v) is 12.6. The van der Waals surface area contributed by atoms with E-state index in [0.717, 1.165) is 12.1 Å². The molecule has 2 aromatic carbocycles. The van der Waals surface area contributed by atoms with Crippen LogP contribution in [0.25, 0.3) is 0 Å². The lowest BCUT2D eigenvalue weighted by atomic mass is 9.62. The van der Waals surface area contributed by atoms with Gasteiger partial charge in [0, 0.05) is 11.1 Å². The van der Waals surface area contributed by atoms with Crippen molar-refractivity contribution in [2.75, 3.05) is 0 Å². The second-order valence-electron chi connectivity index (χ2n) is 13.7. The Kier molecular flexibility index (Phi) is 9.20. The van der Waals surface area contributed by atoms with Gasteiger partial charge in [-0.25, -0.2) is 0 Å². The molecule has 4 aliphatic rings. The maximum absolute atomic E-state index is 15.2. The summed E-state index contributed by atoms with van der Waals surface area (Å²) in [6, 6.07) is 7.33. The van der Waals surface area contributed by atoms with Crippen molar-refractivity contribution in [2.45, 2.75) is 110 Å². The first-order valence-corrected chi connectivity index (χ1v) is 17.6. The molecule has 14 nitrogen and oxygen atoms in total. The first-order chi connectivity index (χ1) is 24.0. The lowest BCUT2D eigenvalue weighted by Crippen LogP contribution is -2.79. The van der Waals surface area contributed by atoms with Crippen molar-refractivity contribution in [3.8, 4) is 11.5 Å². The quantitative estimate of drug-likeness (QED) is 0.206. The molecule has 6 rings (SSSR count). The molecule has 2 aromatic rings. The standard InChI is InChI=1S/C36H38O14S/c1-3-7-23-35(47)31(45)27-19(9-5-11-21(27)37)29(43)33(35,15-17(49-23)13-25(39)40)51-34-16-18(14-26(41)42)50-24(8-4-2)36(34,48)32(46)28-20(30(34)44)10-6-12-22(28)38/h5-6,9-12,17-18,23-24,37-38,47-48H,3-4,7-8,13-16H2,1-2H3,(H,39,40)(H,41,42)/t17-,18+,23-,24+,33?,34?,35+,36-. The van der Waals surface area contributed by atoms with Gasteiger partial charge < -0.3 is 40.1 Å². The number of ether oxygens (including phenoxy) is 2. The molecule has 0 spiro atoms. The first-order valence-electron chi connectivity index (χ1n) is 16.8. The molecule has 6 N–H and O–H groups in total. The summed E-state index contributed by atoms with van der Waals surface area (Å²) in [5, 5.41) is 67.3. The molecule has 2 fully saturated rings. The van der Waals surface area contributed by atoms with E-state index in [1.807, 2.05) is 0 Å². The van der Waals surface area contributed by atoms with Crippen molar-refractivity contribution >= 4 is 46.8 Å². The minimum absolute atomic E-state index is 0.0963. The maximum Gasteiger partial charge on any atom is 0.305 e. The lowest BCUT2D eigenvalue weighted by Gasteiger charge is -2.62. The van der Waals surface area contributed by atoms with Crippen LogP contribution in [0.15, 0.2) is 36.4 Å². The number of hydrogen-bond donors (Lipinski definition) is 6. The molecule has 0 radical (unpaired) electrons. The summed E-state index contributed by atoms with van der Waals surface area (Å²) in [5.41, 5.74) is -7.56. The molecule has 0 amide bonds. The number of rotatable bonds is 10. The van der Waals surface area contributed by atoms with Gasteiger partial charge in [-0.3, -0.25) is 28.8 Å². The van der Waals surface area contributed by atoms with Gasteiger partial charge in [0.25, 0.3) is 0 Å². The fourth-order valence-electron chi connectivity index (χ4n) is 8.51. The van der Waals surface area contributed by atoms with E-state index in [-0.39, 0.29) is 36.8 Å². The molecular formula is C36H38O14S. The zero-order valence-corrected chi connectivity index (χ0v) is 28.6. The summed E-state index contributed by atoms with van der Waals surface area (Å²) < 4.78 is 7.02. The highest BCUT2D eigenvalue weighted by atomic mass is 32.2. The molecule has 272 valence electrons. The van der Waals surface area contributed by atoms with Crippen LogP contribution in [0.2, 0.25) is 0 Å². The van der Waals surface area contributed by atoms with Crippen LogP contribution in [0.1, 0.15) is 107 Å². The van der Waals surface area contributed by atoms with Crippen LogP contribution >= 0.6 is 11.8 Å². The van der Waals surface area contributed by atoms with Crippen molar-refractivity contribution in [1.29, 1.82) is 0 Å². The topological polar surface area (TPSA) is 242 Å². The number of carbonyl (C=O) groups is 6. The molecule has 0 aromatic heterocycles. The van der Waals surface area contributed by atoms with Gasteiger partial charge in [-0.05, 0) is 37.8 Å². The predicted molar refractivity (Wildman–Crippen MR) is 177 cm³/mol. The highest BCUT2D eigenvalue weighted by Gasteiger charge is 2.78. The van der Waals surface area contributed by atoms with Gasteiger partial charge in [-0.1, -0.05) is 51.0 Å². The highest BCUT2D eigenvalue weighted by molar-refractivity contribution is 8.03. The Morgan fingerprint density at radius 3 is 1.39 bits per heavy atom. The number of Topliss-reactive ketones (excluding diaryl/α,β-unsaturated/α-hetero) is 4. The number of hydrogen-bond acceptors (Lipinski definition) is 13. The Labute approximate surface area is 295 Å². The predicted octanol–water partition coefficient (Wildman–Crippen LogP) is 3.09. The summed E-state index contributed by atoms with van der Waals surface area (Å²) in [4.78, 5) is 83.9. The molecule has 2 aliphatic carbocycles. The monoisotopic (exact) mass is 726 g/mol. The molecule has 15 heteroatoms. The van der Waals surface area contributed by atoms with Gasteiger partial charge >= 0.3 is 11.9 Å². The number of aliphatic hydroxyl groups is 2. The van der Waals surface area contributed by atoms with Crippen LogP contribution in [-0.4, -0.2) is 111 Å². The number of carbonyl (C=O) groups excluding carboxylic acids is 4. The van der Waals surface area contributed by atoms with Crippen molar-refractivity contribution in [1.82, 2.24) is 0 Å². The van der Waals surface area contributed by atoms with Crippen molar-refractivity contribution in [3.05, 3.63) is 58.7 Å². The molecular weight excluding hydrogens is 688 g/mol. The van der Waals surface area contributed by atoms with Gasteiger partial charge in [0.2, 0.25) is 11.6 Å². The fourth-order valence-corrected chi connectivity index (χ4v) is 10.8. The van der Waals surface area contributed by atoms with Crippen LogP contribution in [0.4, 0.5) is 0 Å². The van der Waals surface area contributed by atoms with Crippen LogP contribution < -0.4 is 0 Å². The van der Waals surface area contributed by atoms with Gasteiger partial charge in [-0.15, -0.1) is 11.8 Å². The van der Waals surface area contributed by atoms with Gasteiger partial charge in [0.05, 0.1) is 48.4 Å². The minimum Gasteiger partial charge on any atom is -0.507 e. The highest BCUT2D eigenvalue weighted by Crippen LogP contribution is 2.65. The average Bonchev–Trinajstić information content (AvgIpc) is 3.05. The third-order valence-electron chi connectivity index (χ3n) is 10.6. The Bertz CT molecular complexity index is 1730. The maximum atomic E-state index is 15.2. The van der Waals surface area contributed by atoms with Gasteiger partial charge in [0.1, 0.15) is 21.0 Å². The molecule has 8 atom stereocenters.